The monoisotopic (exact) mass is 236 g/mol. The average Bonchev–Trinajstić information content (AvgIpc) is 2.35. The number of benzene rings is 1. The third kappa shape index (κ3) is 3.65. The molecule has 0 saturated heterocycles. The Balaban J connectivity index is 2.74. The highest BCUT2D eigenvalue weighted by Gasteiger charge is 2.10. The van der Waals surface area contributed by atoms with E-state index in [9.17, 15) is 0 Å². The molecule has 0 aliphatic carbocycles. The summed E-state index contributed by atoms with van der Waals surface area (Å²) in [7, 11) is 3.43. The molecule has 2 heteroatoms. The lowest BCUT2D eigenvalue weighted by Crippen LogP contribution is -1.98. The fraction of sp³-hybridized carbons (Fsp3) is 0.600. The van der Waals surface area contributed by atoms with Gasteiger partial charge in [-0.3, -0.25) is 0 Å². The van der Waals surface area contributed by atoms with Gasteiger partial charge < -0.3 is 9.47 Å². The van der Waals surface area contributed by atoms with Gasteiger partial charge in [0.05, 0.1) is 14.2 Å². The summed E-state index contributed by atoms with van der Waals surface area (Å²) in [6, 6.07) is 4.16. The molecular formula is C15H24O2. The van der Waals surface area contributed by atoms with E-state index >= 15 is 0 Å². The molecule has 0 spiro atoms. The third-order valence-corrected chi connectivity index (χ3v) is 3.16. The molecule has 1 aromatic carbocycles. The maximum absolute atomic E-state index is 5.50. The van der Waals surface area contributed by atoms with E-state index in [1.807, 2.05) is 13.0 Å². The number of ether oxygens (including phenoxy) is 2. The molecule has 0 radical (unpaired) electrons. The highest BCUT2D eigenvalue weighted by molar-refractivity contribution is 5.49. The largest absolute Gasteiger partial charge is 0.496 e. The van der Waals surface area contributed by atoms with Gasteiger partial charge in [-0.15, -0.1) is 0 Å². The molecule has 1 rings (SSSR count). The molecule has 96 valence electrons. The van der Waals surface area contributed by atoms with Crippen molar-refractivity contribution in [1.82, 2.24) is 0 Å². The molecule has 0 heterocycles. The van der Waals surface area contributed by atoms with Gasteiger partial charge in [-0.2, -0.15) is 0 Å². The van der Waals surface area contributed by atoms with Crippen LogP contribution in [0.15, 0.2) is 12.1 Å². The standard InChI is InChI=1S/C15H24O2/c1-5-6-7-8-9-13-10-11-14(16-3)12(2)15(13)17-4/h10-11H,5-9H2,1-4H3. The molecule has 0 atom stereocenters. The van der Waals surface area contributed by atoms with Gasteiger partial charge in [-0.25, -0.2) is 0 Å². The van der Waals surface area contributed by atoms with Gasteiger partial charge in [0.1, 0.15) is 11.5 Å². The molecule has 0 bridgehead atoms. The quantitative estimate of drug-likeness (QED) is 0.663. The zero-order valence-corrected chi connectivity index (χ0v) is 11.5. The van der Waals surface area contributed by atoms with Crippen LogP contribution in [0.3, 0.4) is 0 Å². The molecule has 0 amide bonds. The van der Waals surface area contributed by atoms with Gasteiger partial charge in [0.25, 0.3) is 0 Å². The van der Waals surface area contributed by atoms with Crippen molar-refractivity contribution in [2.45, 2.75) is 46.0 Å². The zero-order valence-electron chi connectivity index (χ0n) is 11.5. The molecule has 0 aliphatic heterocycles. The second kappa shape index (κ2) is 7.21. The van der Waals surface area contributed by atoms with Crippen LogP contribution in [0.4, 0.5) is 0 Å². The van der Waals surface area contributed by atoms with Crippen molar-refractivity contribution in [3.63, 3.8) is 0 Å². The molecule has 17 heavy (non-hydrogen) atoms. The Morgan fingerprint density at radius 3 is 2.35 bits per heavy atom. The minimum Gasteiger partial charge on any atom is -0.496 e. The van der Waals surface area contributed by atoms with E-state index in [-0.39, 0.29) is 0 Å². The number of rotatable bonds is 7. The Bertz CT molecular complexity index is 345. The molecule has 0 aliphatic rings. The van der Waals surface area contributed by atoms with Crippen molar-refractivity contribution >= 4 is 0 Å². The highest BCUT2D eigenvalue weighted by Crippen LogP contribution is 2.32. The highest BCUT2D eigenvalue weighted by atomic mass is 16.5. The summed E-state index contributed by atoms with van der Waals surface area (Å²) >= 11 is 0. The van der Waals surface area contributed by atoms with Crippen LogP contribution in [0.2, 0.25) is 0 Å². The first-order valence-corrected chi connectivity index (χ1v) is 6.45. The van der Waals surface area contributed by atoms with E-state index in [2.05, 4.69) is 13.0 Å². The van der Waals surface area contributed by atoms with Gasteiger partial charge in [-0.05, 0) is 31.4 Å². The van der Waals surface area contributed by atoms with Gasteiger partial charge in [0, 0.05) is 5.56 Å². The van der Waals surface area contributed by atoms with Crippen LogP contribution >= 0.6 is 0 Å². The zero-order chi connectivity index (χ0) is 12.7. The van der Waals surface area contributed by atoms with Gasteiger partial charge in [0.15, 0.2) is 0 Å². The number of hydrogen-bond acceptors (Lipinski definition) is 2. The molecule has 0 fully saturated rings. The summed E-state index contributed by atoms with van der Waals surface area (Å²) in [5, 5.41) is 0. The third-order valence-electron chi connectivity index (χ3n) is 3.16. The topological polar surface area (TPSA) is 18.5 Å². The number of aryl methyl sites for hydroxylation is 1. The SMILES string of the molecule is CCCCCCc1ccc(OC)c(C)c1OC. The Labute approximate surface area is 105 Å². The predicted octanol–water partition coefficient (Wildman–Crippen LogP) is 4.14. The number of hydrogen-bond donors (Lipinski definition) is 0. The van der Waals surface area contributed by atoms with Crippen LogP contribution in [0.1, 0.15) is 43.7 Å². The summed E-state index contributed by atoms with van der Waals surface area (Å²) in [4.78, 5) is 0. The van der Waals surface area contributed by atoms with Gasteiger partial charge >= 0.3 is 0 Å². The van der Waals surface area contributed by atoms with E-state index in [1.165, 1.54) is 31.2 Å². The van der Waals surface area contributed by atoms with E-state index in [4.69, 9.17) is 9.47 Å². The van der Waals surface area contributed by atoms with Crippen LogP contribution in [0.25, 0.3) is 0 Å². The van der Waals surface area contributed by atoms with E-state index in [0.717, 1.165) is 23.5 Å². The lowest BCUT2D eigenvalue weighted by molar-refractivity contribution is 0.385. The molecule has 0 unspecified atom stereocenters. The lowest BCUT2D eigenvalue weighted by Gasteiger charge is -2.14. The molecule has 0 saturated carbocycles. The first-order valence-electron chi connectivity index (χ1n) is 6.45. The smallest absolute Gasteiger partial charge is 0.128 e. The average molecular weight is 236 g/mol. The second-order valence-corrected chi connectivity index (χ2v) is 4.40. The van der Waals surface area contributed by atoms with Crippen LogP contribution in [0, 0.1) is 6.92 Å². The van der Waals surface area contributed by atoms with Crippen LogP contribution < -0.4 is 9.47 Å². The predicted molar refractivity (Wildman–Crippen MR) is 72.1 cm³/mol. The fourth-order valence-corrected chi connectivity index (χ4v) is 2.17. The second-order valence-electron chi connectivity index (χ2n) is 4.40. The first kappa shape index (κ1) is 13.9. The summed E-state index contributed by atoms with van der Waals surface area (Å²) in [5.74, 6) is 1.89. The maximum Gasteiger partial charge on any atom is 0.128 e. The van der Waals surface area contributed by atoms with Crippen LogP contribution in [-0.2, 0) is 6.42 Å². The van der Waals surface area contributed by atoms with Crippen molar-refractivity contribution in [3.05, 3.63) is 23.3 Å². The molecule has 1 aromatic rings. The fourth-order valence-electron chi connectivity index (χ4n) is 2.17. The summed E-state index contributed by atoms with van der Waals surface area (Å²) in [6.07, 6.45) is 6.21. The number of unbranched alkanes of at least 4 members (excludes halogenated alkanes) is 3. The van der Waals surface area contributed by atoms with Crippen molar-refractivity contribution in [1.29, 1.82) is 0 Å². The molecule has 0 aromatic heterocycles. The van der Waals surface area contributed by atoms with Crippen molar-refractivity contribution in [2.75, 3.05) is 14.2 Å². The van der Waals surface area contributed by atoms with Crippen molar-refractivity contribution in [3.8, 4) is 11.5 Å². The summed E-state index contributed by atoms with van der Waals surface area (Å²) in [6.45, 7) is 4.28. The molecule has 2 nitrogen and oxygen atoms in total. The van der Waals surface area contributed by atoms with Gasteiger partial charge in [-0.1, -0.05) is 32.3 Å². The Morgan fingerprint density at radius 1 is 1.00 bits per heavy atom. The number of methoxy groups -OCH3 is 2. The minimum atomic E-state index is 0.902. The van der Waals surface area contributed by atoms with Gasteiger partial charge in [0.2, 0.25) is 0 Å². The van der Waals surface area contributed by atoms with E-state index in [1.54, 1.807) is 14.2 Å². The van der Waals surface area contributed by atoms with Crippen LogP contribution in [-0.4, -0.2) is 14.2 Å². The Kier molecular flexibility index (Phi) is 5.88. The van der Waals surface area contributed by atoms with Crippen LogP contribution in [0.5, 0.6) is 11.5 Å². The summed E-state index contributed by atoms with van der Waals surface area (Å²) < 4.78 is 10.8. The maximum atomic E-state index is 5.50. The minimum absolute atomic E-state index is 0.902. The van der Waals surface area contributed by atoms with Crippen molar-refractivity contribution in [2.24, 2.45) is 0 Å². The Hall–Kier alpha value is -1.18. The van der Waals surface area contributed by atoms with Crippen molar-refractivity contribution < 1.29 is 9.47 Å². The normalized spacial score (nSPS) is 10.4. The van der Waals surface area contributed by atoms with E-state index in [0.29, 0.717) is 0 Å². The summed E-state index contributed by atoms with van der Waals surface area (Å²) in [5.41, 5.74) is 2.39. The van der Waals surface area contributed by atoms with E-state index < -0.39 is 0 Å². The lowest BCUT2D eigenvalue weighted by atomic mass is 10.0. The molecule has 0 N–H and O–H groups in total. The first-order chi connectivity index (χ1) is 8.24. The Morgan fingerprint density at radius 2 is 1.76 bits per heavy atom. The molecular weight excluding hydrogens is 212 g/mol.